The molecule has 0 bridgehead atoms. The van der Waals surface area contributed by atoms with E-state index in [0.29, 0.717) is 37.8 Å². The summed E-state index contributed by atoms with van der Waals surface area (Å²) in [5.74, 6) is 0.411. The molecule has 0 aromatic carbocycles. The van der Waals surface area contributed by atoms with Gasteiger partial charge < -0.3 is 15.5 Å². The predicted octanol–water partition coefficient (Wildman–Crippen LogP) is 0.975. The second kappa shape index (κ2) is 7.50. The third kappa shape index (κ3) is 3.92. The van der Waals surface area contributed by atoms with Crippen LogP contribution in [0.5, 0.6) is 0 Å². The highest BCUT2D eigenvalue weighted by molar-refractivity contribution is 6.09. The summed E-state index contributed by atoms with van der Waals surface area (Å²) >= 11 is 0. The molecule has 25 heavy (non-hydrogen) atoms. The number of urea groups is 1. The van der Waals surface area contributed by atoms with E-state index in [-0.39, 0.29) is 36.8 Å². The molecule has 0 aromatic rings. The lowest BCUT2D eigenvalue weighted by atomic mass is 9.71. The Morgan fingerprint density at radius 2 is 1.84 bits per heavy atom. The highest BCUT2D eigenvalue weighted by Crippen LogP contribution is 2.39. The van der Waals surface area contributed by atoms with Gasteiger partial charge in [0.2, 0.25) is 5.91 Å². The van der Waals surface area contributed by atoms with E-state index >= 15 is 0 Å². The van der Waals surface area contributed by atoms with Crippen LogP contribution in [-0.4, -0.2) is 65.4 Å². The van der Waals surface area contributed by atoms with Crippen LogP contribution in [0.2, 0.25) is 0 Å². The van der Waals surface area contributed by atoms with Crippen LogP contribution >= 0.6 is 12.4 Å². The lowest BCUT2D eigenvalue weighted by Gasteiger charge is -2.38. The van der Waals surface area contributed by atoms with Gasteiger partial charge in [-0.2, -0.15) is 0 Å². The maximum Gasteiger partial charge on any atom is 0.325 e. The van der Waals surface area contributed by atoms with Crippen molar-refractivity contribution in [2.24, 2.45) is 11.8 Å². The fourth-order valence-corrected chi connectivity index (χ4v) is 4.62. The largest absolute Gasteiger partial charge is 0.338 e. The zero-order chi connectivity index (χ0) is 17.5. The van der Waals surface area contributed by atoms with Crippen molar-refractivity contribution in [1.82, 2.24) is 20.4 Å². The molecule has 3 atom stereocenters. The molecule has 7 nitrogen and oxygen atoms in total. The zero-order valence-corrected chi connectivity index (χ0v) is 16.0. The zero-order valence-electron chi connectivity index (χ0n) is 15.2. The molecule has 0 aromatic heterocycles. The molecule has 1 spiro atoms. The number of hydrogen-bond acceptors (Lipinski definition) is 4. The lowest BCUT2D eigenvalue weighted by molar-refractivity contribution is -0.140. The van der Waals surface area contributed by atoms with E-state index in [2.05, 4.69) is 24.5 Å². The Morgan fingerprint density at radius 1 is 1.20 bits per heavy atom. The highest BCUT2D eigenvalue weighted by Gasteiger charge is 2.54. The first-order valence-corrected chi connectivity index (χ1v) is 8.96. The number of halogens is 1. The van der Waals surface area contributed by atoms with Gasteiger partial charge in [0.25, 0.3) is 5.91 Å². The fraction of sp³-hybridized carbons (Fsp3) is 0.824. The van der Waals surface area contributed by atoms with Gasteiger partial charge >= 0.3 is 6.03 Å². The minimum absolute atomic E-state index is 0. The van der Waals surface area contributed by atoms with Crippen LogP contribution in [-0.2, 0) is 9.59 Å². The fourth-order valence-electron chi connectivity index (χ4n) is 4.62. The minimum atomic E-state index is -0.800. The van der Waals surface area contributed by atoms with Crippen molar-refractivity contribution in [2.45, 2.75) is 51.6 Å². The van der Waals surface area contributed by atoms with E-state index in [1.807, 2.05) is 6.92 Å². The van der Waals surface area contributed by atoms with Gasteiger partial charge in [0.05, 0.1) is 0 Å². The molecule has 8 heteroatoms. The third-order valence-electron chi connectivity index (χ3n) is 5.46. The molecule has 142 valence electrons. The van der Waals surface area contributed by atoms with E-state index < -0.39 is 11.6 Å². The maximum atomic E-state index is 12.9. The first-order valence-electron chi connectivity index (χ1n) is 8.96. The minimum Gasteiger partial charge on any atom is -0.338 e. The first kappa shape index (κ1) is 20.0. The van der Waals surface area contributed by atoms with E-state index in [4.69, 9.17) is 0 Å². The van der Waals surface area contributed by atoms with Crippen molar-refractivity contribution < 1.29 is 14.4 Å². The second-order valence-electron chi connectivity index (χ2n) is 7.95. The summed E-state index contributed by atoms with van der Waals surface area (Å²) in [6, 6.07) is -0.185. The standard InChI is InChI=1S/C17H28N4O3.ClH/c1-11-6-12(2)8-17(7-11)15(23)21(16(24)19-17)10-14(22)20-5-4-18-13(3)9-20;/h11-13,18H,4-10H2,1-3H3,(H,19,24);1H/t11?,12?,13-,17?;/m1./s1. The molecule has 3 rings (SSSR count). The second-order valence-corrected chi connectivity index (χ2v) is 7.95. The number of rotatable bonds is 2. The maximum absolute atomic E-state index is 12.9. The monoisotopic (exact) mass is 372 g/mol. The van der Waals surface area contributed by atoms with Crippen LogP contribution < -0.4 is 10.6 Å². The SMILES string of the molecule is CC1CC(C)CC2(C1)NC(=O)N(CC(=O)N1CCN[C@H](C)C1)C2=O.Cl. The smallest absolute Gasteiger partial charge is 0.325 e. The van der Waals surface area contributed by atoms with Gasteiger partial charge in [-0.05, 0) is 38.0 Å². The Balaban J connectivity index is 0.00000225. The Labute approximate surface area is 155 Å². The van der Waals surface area contributed by atoms with Gasteiger partial charge in [0, 0.05) is 25.7 Å². The van der Waals surface area contributed by atoms with Gasteiger partial charge in [0.1, 0.15) is 12.1 Å². The summed E-state index contributed by atoms with van der Waals surface area (Å²) in [6.45, 7) is 8.08. The van der Waals surface area contributed by atoms with Crippen molar-refractivity contribution in [1.29, 1.82) is 0 Å². The van der Waals surface area contributed by atoms with E-state index in [1.54, 1.807) is 4.90 Å². The molecule has 2 saturated heterocycles. The van der Waals surface area contributed by atoms with Crippen LogP contribution in [0.4, 0.5) is 4.79 Å². The van der Waals surface area contributed by atoms with Crippen molar-refractivity contribution in [3.05, 3.63) is 0 Å². The molecule has 2 heterocycles. The molecule has 2 N–H and O–H groups in total. The van der Waals surface area contributed by atoms with Gasteiger partial charge in [0.15, 0.2) is 0 Å². The number of imide groups is 1. The predicted molar refractivity (Wildman–Crippen MR) is 96.4 cm³/mol. The molecule has 3 aliphatic rings. The van der Waals surface area contributed by atoms with Gasteiger partial charge in [-0.15, -0.1) is 12.4 Å². The summed E-state index contributed by atoms with van der Waals surface area (Å²) in [5.41, 5.74) is -0.800. The van der Waals surface area contributed by atoms with E-state index in [1.165, 1.54) is 0 Å². The van der Waals surface area contributed by atoms with E-state index in [0.717, 1.165) is 17.9 Å². The average Bonchev–Trinajstić information content (AvgIpc) is 2.70. The first-order chi connectivity index (χ1) is 11.3. The number of hydrogen-bond donors (Lipinski definition) is 2. The topological polar surface area (TPSA) is 81.8 Å². The summed E-state index contributed by atoms with van der Waals surface area (Å²) in [5, 5.41) is 6.18. The number of carbonyl (C=O) groups is 3. The molecule has 2 aliphatic heterocycles. The van der Waals surface area contributed by atoms with Crippen LogP contribution in [0.15, 0.2) is 0 Å². The number of piperazine rings is 1. The molecular weight excluding hydrogens is 344 g/mol. The number of amides is 4. The highest BCUT2D eigenvalue weighted by atomic mass is 35.5. The van der Waals surface area contributed by atoms with Crippen molar-refractivity contribution in [3.63, 3.8) is 0 Å². The van der Waals surface area contributed by atoms with Gasteiger partial charge in [-0.25, -0.2) is 4.79 Å². The molecule has 0 radical (unpaired) electrons. The van der Waals surface area contributed by atoms with Gasteiger partial charge in [-0.3, -0.25) is 14.5 Å². The van der Waals surface area contributed by atoms with Crippen LogP contribution in [0.1, 0.15) is 40.0 Å². The molecule has 2 unspecified atom stereocenters. The third-order valence-corrected chi connectivity index (χ3v) is 5.46. The molecule has 3 fully saturated rings. The summed E-state index contributed by atoms with van der Waals surface area (Å²) in [7, 11) is 0. The average molecular weight is 373 g/mol. The van der Waals surface area contributed by atoms with Crippen molar-refractivity contribution in [3.8, 4) is 0 Å². The van der Waals surface area contributed by atoms with Crippen LogP contribution in [0.3, 0.4) is 0 Å². The molecular formula is C17H29ClN4O3. The summed E-state index contributed by atoms with van der Waals surface area (Å²) < 4.78 is 0. The van der Waals surface area contributed by atoms with Crippen molar-refractivity contribution in [2.75, 3.05) is 26.2 Å². The quantitative estimate of drug-likeness (QED) is 0.708. The Hall–Kier alpha value is -1.34. The van der Waals surface area contributed by atoms with E-state index in [9.17, 15) is 14.4 Å². The Morgan fingerprint density at radius 3 is 2.44 bits per heavy atom. The number of nitrogens with zero attached hydrogens (tertiary/aromatic N) is 2. The Kier molecular flexibility index (Phi) is 5.99. The van der Waals surface area contributed by atoms with Crippen LogP contribution in [0, 0.1) is 11.8 Å². The van der Waals surface area contributed by atoms with Crippen molar-refractivity contribution >= 4 is 30.3 Å². The van der Waals surface area contributed by atoms with Gasteiger partial charge in [-0.1, -0.05) is 13.8 Å². The lowest BCUT2D eigenvalue weighted by Crippen LogP contribution is -2.54. The molecule has 1 saturated carbocycles. The Bertz CT molecular complexity index is 546. The summed E-state index contributed by atoms with van der Waals surface area (Å²) in [4.78, 5) is 40.7. The molecule has 4 amide bonds. The summed E-state index contributed by atoms with van der Waals surface area (Å²) in [6.07, 6.45) is 2.40. The number of nitrogens with one attached hydrogen (secondary N) is 2. The van der Waals surface area contributed by atoms with Crippen LogP contribution in [0.25, 0.3) is 0 Å². The molecule has 1 aliphatic carbocycles. The number of carbonyl (C=O) groups excluding carboxylic acids is 3. The normalized spacial score (nSPS) is 35.6.